The van der Waals surface area contributed by atoms with Crippen molar-refractivity contribution in [3.05, 3.63) is 72.4 Å². The van der Waals surface area contributed by atoms with Gasteiger partial charge in [-0.25, -0.2) is 13.4 Å². The fourth-order valence-corrected chi connectivity index (χ4v) is 3.87. The molecule has 0 atom stereocenters. The van der Waals surface area contributed by atoms with E-state index in [1.54, 1.807) is 67.8 Å². The number of amides is 1. The predicted octanol–water partition coefficient (Wildman–Crippen LogP) is 3.99. The van der Waals surface area contributed by atoms with Crippen molar-refractivity contribution in [2.75, 3.05) is 18.2 Å². The molecule has 0 saturated carbocycles. The summed E-state index contributed by atoms with van der Waals surface area (Å²) in [6, 6.07) is 16.8. The molecule has 156 valence electrons. The summed E-state index contributed by atoms with van der Waals surface area (Å²) in [7, 11) is -1.98. The number of carbonyl (C=O) groups excluding carboxylic acids is 1. The topological polar surface area (TPSA) is 94.6 Å². The second kappa shape index (κ2) is 9.41. The highest BCUT2D eigenvalue weighted by Crippen LogP contribution is 2.28. The van der Waals surface area contributed by atoms with Gasteiger partial charge in [0.1, 0.15) is 17.2 Å². The molecule has 0 radical (unpaired) electrons. The summed E-state index contributed by atoms with van der Waals surface area (Å²) >= 11 is 0. The third-order valence-corrected chi connectivity index (χ3v) is 6.03. The van der Waals surface area contributed by atoms with Crippen molar-refractivity contribution in [3.63, 3.8) is 0 Å². The van der Waals surface area contributed by atoms with Crippen molar-refractivity contribution in [1.82, 2.24) is 4.98 Å². The molecule has 30 heavy (non-hydrogen) atoms. The number of methoxy groups -OCH3 is 1. The van der Waals surface area contributed by atoms with E-state index < -0.39 is 15.7 Å². The molecular formula is C22H22N2O5S. The van der Waals surface area contributed by atoms with Gasteiger partial charge in [-0.05, 0) is 55.5 Å². The Labute approximate surface area is 175 Å². The summed E-state index contributed by atoms with van der Waals surface area (Å²) in [5, 5.41) is 2.67. The number of carbonyl (C=O) groups is 1. The lowest BCUT2D eigenvalue weighted by Crippen LogP contribution is -2.18. The Balaban J connectivity index is 1.64. The first-order chi connectivity index (χ1) is 14.4. The van der Waals surface area contributed by atoms with Gasteiger partial charge in [0.2, 0.25) is 11.8 Å². The standard InChI is InChI=1S/C22H22N2O5S/c1-16-5-11-19(12-6-16)30(26,27)15-13-21(25)24-20-4-3-14-23-22(20)29-18-9-7-17(28-2)8-10-18/h3-12,14H,13,15H2,1-2H3,(H,24,25). The molecule has 0 aliphatic carbocycles. The molecule has 0 fully saturated rings. The average Bonchev–Trinajstić information content (AvgIpc) is 2.75. The first-order valence-corrected chi connectivity index (χ1v) is 10.9. The average molecular weight is 426 g/mol. The Kier molecular flexibility index (Phi) is 6.68. The number of nitrogens with one attached hydrogen (secondary N) is 1. The van der Waals surface area contributed by atoms with Crippen LogP contribution in [-0.4, -0.2) is 32.2 Å². The highest BCUT2D eigenvalue weighted by Gasteiger charge is 2.17. The van der Waals surface area contributed by atoms with Crippen molar-refractivity contribution in [3.8, 4) is 17.4 Å². The van der Waals surface area contributed by atoms with Crippen LogP contribution in [0.25, 0.3) is 0 Å². The molecular weight excluding hydrogens is 404 g/mol. The molecule has 1 N–H and O–H groups in total. The van der Waals surface area contributed by atoms with E-state index in [4.69, 9.17) is 9.47 Å². The lowest BCUT2D eigenvalue weighted by molar-refractivity contribution is -0.115. The Morgan fingerprint density at radius 3 is 2.33 bits per heavy atom. The zero-order valence-electron chi connectivity index (χ0n) is 16.7. The number of ether oxygens (including phenoxy) is 2. The summed E-state index contributed by atoms with van der Waals surface area (Å²) in [6.07, 6.45) is 1.35. The van der Waals surface area contributed by atoms with Crippen molar-refractivity contribution >= 4 is 21.4 Å². The highest BCUT2D eigenvalue weighted by molar-refractivity contribution is 7.91. The fraction of sp³-hybridized carbons (Fsp3) is 0.182. The minimum Gasteiger partial charge on any atom is -0.497 e. The van der Waals surface area contributed by atoms with E-state index >= 15 is 0 Å². The van der Waals surface area contributed by atoms with Crippen LogP contribution in [0, 0.1) is 6.92 Å². The van der Waals surface area contributed by atoms with Crippen LogP contribution in [0.5, 0.6) is 17.4 Å². The monoisotopic (exact) mass is 426 g/mol. The van der Waals surface area contributed by atoms with Gasteiger partial charge in [-0.3, -0.25) is 4.79 Å². The summed E-state index contributed by atoms with van der Waals surface area (Å²) in [5.41, 5.74) is 1.32. The fourth-order valence-electron chi connectivity index (χ4n) is 2.63. The second-order valence-corrected chi connectivity index (χ2v) is 8.67. The Morgan fingerprint density at radius 2 is 1.67 bits per heavy atom. The van der Waals surface area contributed by atoms with Crippen LogP contribution in [0.3, 0.4) is 0 Å². The molecule has 1 heterocycles. The van der Waals surface area contributed by atoms with Crippen LogP contribution in [0.15, 0.2) is 71.8 Å². The zero-order chi connectivity index (χ0) is 21.6. The second-order valence-electron chi connectivity index (χ2n) is 6.56. The number of nitrogens with zero attached hydrogens (tertiary/aromatic N) is 1. The number of rotatable bonds is 8. The maximum Gasteiger partial charge on any atom is 0.243 e. The van der Waals surface area contributed by atoms with Gasteiger partial charge < -0.3 is 14.8 Å². The molecule has 1 amide bonds. The number of sulfone groups is 1. The number of hydrogen-bond donors (Lipinski definition) is 1. The summed E-state index contributed by atoms with van der Waals surface area (Å²) in [4.78, 5) is 16.7. The first-order valence-electron chi connectivity index (χ1n) is 9.23. The van der Waals surface area contributed by atoms with E-state index in [9.17, 15) is 13.2 Å². The van der Waals surface area contributed by atoms with Crippen LogP contribution in [-0.2, 0) is 14.6 Å². The number of anilines is 1. The zero-order valence-corrected chi connectivity index (χ0v) is 17.5. The number of aryl methyl sites for hydroxylation is 1. The van der Waals surface area contributed by atoms with Crippen LogP contribution >= 0.6 is 0 Å². The van der Waals surface area contributed by atoms with Crippen LogP contribution in [0.4, 0.5) is 5.69 Å². The lowest BCUT2D eigenvalue weighted by atomic mass is 10.2. The van der Waals surface area contributed by atoms with Gasteiger partial charge in [-0.1, -0.05) is 17.7 Å². The first kappa shape index (κ1) is 21.3. The highest BCUT2D eigenvalue weighted by atomic mass is 32.2. The van der Waals surface area contributed by atoms with E-state index in [0.717, 1.165) is 5.56 Å². The van der Waals surface area contributed by atoms with Gasteiger partial charge >= 0.3 is 0 Å². The Bertz CT molecular complexity index is 1110. The molecule has 0 aliphatic heterocycles. The Hall–Kier alpha value is -3.39. The third kappa shape index (κ3) is 5.57. The minimum atomic E-state index is -3.55. The maximum absolute atomic E-state index is 12.4. The van der Waals surface area contributed by atoms with E-state index in [1.807, 2.05) is 6.92 Å². The lowest BCUT2D eigenvalue weighted by Gasteiger charge is -2.11. The molecule has 0 spiro atoms. The van der Waals surface area contributed by atoms with Gasteiger partial charge in [0.05, 0.1) is 17.8 Å². The van der Waals surface area contributed by atoms with Gasteiger partial charge in [0.25, 0.3) is 0 Å². The number of benzene rings is 2. The summed E-state index contributed by atoms with van der Waals surface area (Å²) in [6.45, 7) is 1.88. The summed E-state index contributed by atoms with van der Waals surface area (Å²) < 4.78 is 35.7. The predicted molar refractivity (Wildman–Crippen MR) is 114 cm³/mol. The molecule has 0 unspecified atom stereocenters. The van der Waals surface area contributed by atoms with Crippen molar-refractivity contribution in [2.24, 2.45) is 0 Å². The Morgan fingerprint density at radius 1 is 1.00 bits per heavy atom. The number of hydrogen-bond acceptors (Lipinski definition) is 6. The number of pyridine rings is 1. The normalized spacial score (nSPS) is 11.0. The largest absolute Gasteiger partial charge is 0.497 e. The maximum atomic E-state index is 12.4. The molecule has 7 nitrogen and oxygen atoms in total. The van der Waals surface area contributed by atoms with Crippen molar-refractivity contribution < 1.29 is 22.7 Å². The number of aromatic nitrogens is 1. The van der Waals surface area contributed by atoms with Gasteiger partial charge in [0, 0.05) is 12.6 Å². The van der Waals surface area contributed by atoms with Gasteiger partial charge in [-0.15, -0.1) is 0 Å². The van der Waals surface area contributed by atoms with E-state index in [-0.39, 0.29) is 22.9 Å². The van der Waals surface area contributed by atoms with Gasteiger partial charge in [0.15, 0.2) is 9.84 Å². The smallest absolute Gasteiger partial charge is 0.243 e. The third-order valence-electron chi connectivity index (χ3n) is 4.30. The molecule has 0 bridgehead atoms. The van der Waals surface area contributed by atoms with Crippen LogP contribution < -0.4 is 14.8 Å². The van der Waals surface area contributed by atoms with Crippen LogP contribution in [0.2, 0.25) is 0 Å². The molecule has 0 saturated heterocycles. The molecule has 0 aliphatic rings. The van der Waals surface area contributed by atoms with Crippen molar-refractivity contribution in [1.29, 1.82) is 0 Å². The molecule has 3 rings (SSSR count). The minimum absolute atomic E-state index is 0.187. The molecule has 2 aromatic carbocycles. The van der Waals surface area contributed by atoms with Crippen molar-refractivity contribution in [2.45, 2.75) is 18.2 Å². The quantitative estimate of drug-likeness (QED) is 0.585. The van der Waals surface area contributed by atoms with E-state index in [0.29, 0.717) is 17.2 Å². The molecule has 1 aromatic heterocycles. The van der Waals surface area contributed by atoms with Gasteiger partial charge in [-0.2, -0.15) is 0 Å². The van der Waals surface area contributed by atoms with E-state index in [2.05, 4.69) is 10.3 Å². The molecule has 3 aromatic rings. The van der Waals surface area contributed by atoms with E-state index in [1.165, 1.54) is 6.20 Å². The summed E-state index contributed by atoms with van der Waals surface area (Å²) in [5.74, 6) is 0.672. The SMILES string of the molecule is COc1ccc(Oc2ncccc2NC(=O)CCS(=O)(=O)c2ccc(C)cc2)cc1. The van der Waals surface area contributed by atoms with Crippen LogP contribution in [0.1, 0.15) is 12.0 Å². The molecule has 8 heteroatoms.